The topological polar surface area (TPSA) is 26.0 Å². The normalized spacial score (nSPS) is 12.8. The Balaban J connectivity index is 2.46. The number of nitrogens with two attached hydrogens (primary N) is 1. The van der Waals surface area contributed by atoms with Crippen molar-refractivity contribution < 1.29 is 0 Å². The van der Waals surface area contributed by atoms with Crippen molar-refractivity contribution >= 4 is 34.2 Å². The standard InChI is InChI=1S/C13H19ClIN/c1-2-3-4-5-6-13(16)10-7-8-12(15)11(14)9-10/h7-9,13H,2-6,16H2,1H3. The Morgan fingerprint density at radius 2 is 2.06 bits per heavy atom. The summed E-state index contributed by atoms with van der Waals surface area (Å²) >= 11 is 8.31. The lowest BCUT2D eigenvalue weighted by Crippen LogP contribution is -2.10. The number of unbranched alkanes of at least 4 members (excludes halogenated alkanes) is 3. The third-order valence-electron chi connectivity index (χ3n) is 2.74. The Kier molecular flexibility index (Phi) is 6.70. The number of hydrogen-bond acceptors (Lipinski definition) is 1. The summed E-state index contributed by atoms with van der Waals surface area (Å²) in [7, 11) is 0. The van der Waals surface area contributed by atoms with Gasteiger partial charge in [-0.1, -0.05) is 50.3 Å². The van der Waals surface area contributed by atoms with E-state index in [4.69, 9.17) is 17.3 Å². The van der Waals surface area contributed by atoms with E-state index in [1.54, 1.807) is 0 Å². The lowest BCUT2D eigenvalue weighted by Gasteiger charge is -2.12. The number of hydrogen-bond donors (Lipinski definition) is 1. The summed E-state index contributed by atoms with van der Waals surface area (Å²) in [6.07, 6.45) is 6.11. The van der Waals surface area contributed by atoms with Crippen LogP contribution in [0, 0.1) is 3.57 Å². The van der Waals surface area contributed by atoms with Crippen molar-refractivity contribution in [2.24, 2.45) is 5.73 Å². The fraction of sp³-hybridized carbons (Fsp3) is 0.538. The Bertz CT molecular complexity index is 328. The van der Waals surface area contributed by atoms with E-state index in [0.717, 1.165) is 20.6 Å². The van der Waals surface area contributed by atoms with Gasteiger partial charge in [0.15, 0.2) is 0 Å². The summed E-state index contributed by atoms with van der Waals surface area (Å²) in [6, 6.07) is 6.24. The highest BCUT2D eigenvalue weighted by atomic mass is 127. The van der Waals surface area contributed by atoms with Gasteiger partial charge in [0.25, 0.3) is 0 Å². The van der Waals surface area contributed by atoms with E-state index in [2.05, 4.69) is 35.6 Å². The molecule has 16 heavy (non-hydrogen) atoms. The second-order valence-electron chi connectivity index (χ2n) is 4.13. The first-order valence-corrected chi connectivity index (χ1v) is 7.31. The highest BCUT2D eigenvalue weighted by molar-refractivity contribution is 14.1. The predicted molar refractivity (Wildman–Crippen MR) is 79.9 cm³/mol. The number of halogens is 2. The van der Waals surface area contributed by atoms with Crippen LogP contribution >= 0.6 is 34.2 Å². The van der Waals surface area contributed by atoms with Crippen molar-refractivity contribution in [1.82, 2.24) is 0 Å². The summed E-state index contributed by atoms with van der Waals surface area (Å²) in [5.41, 5.74) is 7.29. The van der Waals surface area contributed by atoms with Gasteiger partial charge < -0.3 is 5.73 Å². The maximum absolute atomic E-state index is 6.14. The molecular weight excluding hydrogens is 333 g/mol. The first-order chi connectivity index (χ1) is 7.65. The van der Waals surface area contributed by atoms with Crippen LogP contribution in [-0.4, -0.2) is 0 Å². The summed E-state index contributed by atoms with van der Waals surface area (Å²) in [5, 5.41) is 0.808. The molecule has 0 amide bonds. The quantitative estimate of drug-likeness (QED) is 0.571. The van der Waals surface area contributed by atoms with Crippen LogP contribution in [0.5, 0.6) is 0 Å². The van der Waals surface area contributed by atoms with Crippen LogP contribution in [0.1, 0.15) is 50.6 Å². The van der Waals surface area contributed by atoms with Crippen LogP contribution in [-0.2, 0) is 0 Å². The van der Waals surface area contributed by atoms with Crippen LogP contribution in [0.15, 0.2) is 18.2 Å². The van der Waals surface area contributed by atoms with Gasteiger partial charge in [-0.15, -0.1) is 0 Å². The van der Waals surface area contributed by atoms with Gasteiger partial charge >= 0.3 is 0 Å². The van der Waals surface area contributed by atoms with E-state index in [1.807, 2.05) is 12.1 Å². The molecule has 1 nitrogen and oxygen atoms in total. The highest BCUT2D eigenvalue weighted by Gasteiger charge is 2.07. The van der Waals surface area contributed by atoms with Crippen molar-refractivity contribution in [3.05, 3.63) is 32.4 Å². The van der Waals surface area contributed by atoms with Crippen LogP contribution < -0.4 is 5.73 Å². The first kappa shape index (κ1) is 14.3. The van der Waals surface area contributed by atoms with Gasteiger partial charge in [0.1, 0.15) is 0 Å². The minimum Gasteiger partial charge on any atom is -0.324 e. The molecule has 1 unspecified atom stereocenters. The molecule has 0 saturated heterocycles. The van der Waals surface area contributed by atoms with Crippen LogP contribution in [0.3, 0.4) is 0 Å². The summed E-state index contributed by atoms with van der Waals surface area (Å²) in [4.78, 5) is 0. The van der Waals surface area contributed by atoms with E-state index in [0.29, 0.717) is 0 Å². The molecule has 0 bridgehead atoms. The Labute approximate surface area is 117 Å². The number of benzene rings is 1. The van der Waals surface area contributed by atoms with Gasteiger partial charge in [-0.2, -0.15) is 0 Å². The van der Waals surface area contributed by atoms with E-state index in [-0.39, 0.29) is 6.04 Å². The highest BCUT2D eigenvalue weighted by Crippen LogP contribution is 2.24. The molecule has 0 fully saturated rings. The predicted octanol–water partition coefficient (Wildman–Crippen LogP) is 4.91. The maximum Gasteiger partial charge on any atom is 0.0542 e. The van der Waals surface area contributed by atoms with Crippen LogP contribution in [0.2, 0.25) is 5.02 Å². The van der Waals surface area contributed by atoms with E-state index >= 15 is 0 Å². The Morgan fingerprint density at radius 3 is 2.69 bits per heavy atom. The average molecular weight is 352 g/mol. The van der Waals surface area contributed by atoms with Crippen molar-refractivity contribution in [3.8, 4) is 0 Å². The van der Waals surface area contributed by atoms with Gasteiger partial charge in [0.2, 0.25) is 0 Å². The summed E-state index contributed by atoms with van der Waals surface area (Å²) in [6.45, 7) is 2.22. The molecule has 2 N–H and O–H groups in total. The lowest BCUT2D eigenvalue weighted by molar-refractivity contribution is 0.566. The zero-order chi connectivity index (χ0) is 12.0. The van der Waals surface area contributed by atoms with E-state index in [1.165, 1.54) is 25.7 Å². The van der Waals surface area contributed by atoms with E-state index in [9.17, 15) is 0 Å². The third kappa shape index (κ3) is 4.60. The summed E-state index contributed by atoms with van der Waals surface area (Å²) < 4.78 is 1.08. The molecule has 0 aliphatic heterocycles. The first-order valence-electron chi connectivity index (χ1n) is 5.85. The van der Waals surface area contributed by atoms with Crippen LogP contribution in [0.4, 0.5) is 0 Å². The SMILES string of the molecule is CCCCCCC(N)c1ccc(I)c(Cl)c1. The minimum atomic E-state index is 0.131. The summed E-state index contributed by atoms with van der Waals surface area (Å²) in [5.74, 6) is 0. The maximum atomic E-state index is 6.14. The molecule has 1 atom stereocenters. The molecule has 0 saturated carbocycles. The lowest BCUT2D eigenvalue weighted by atomic mass is 10.0. The molecule has 90 valence electrons. The zero-order valence-electron chi connectivity index (χ0n) is 9.68. The van der Waals surface area contributed by atoms with Gasteiger partial charge in [0, 0.05) is 9.61 Å². The smallest absolute Gasteiger partial charge is 0.0542 e. The minimum absolute atomic E-state index is 0.131. The average Bonchev–Trinajstić information content (AvgIpc) is 2.28. The number of rotatable bonds is 6. The van der Waals surface area contributed by atoms with E-state index < -0.39 is 0 Å². The Morgan fingerprint density at radius 1 is 1.31 bits per heavy atom. The van der Waals surface area contributed by atoms with Crippen molar-refractivity contribution in [3.63, 3.8) is 0 Å². The second kappa shape index (κ2) is 7.51. The van der Waals surface area contributed by atoms with Crippen molar-refractivity contribution in [2.75, 3.05) is 0 Å². The largest absolute Gasteiger partial charge is 0.324 e. The van der Waals surface area contributed by atoms with Gasteiger partial charge in [-0.05, 0) is 46.7 Å². The second-order valence-corrected chi connectivity index (χ2v) is 5.70. The fourth-order valence-corrected chi connectivity index (χ4v) is 2.23. The molecule has 1 aromatic rings. The van der Waals surface area contributed by atoms with Crippen molar-refractivity contribution in [1.29, 1.82) is 0 Å². The van der Waals surface area contributed by atoms with Gasteiger partial charge in [0.05, 0.1) is 5.02 Å². The molecule has 1 rings (SSSR count). The molecule has 0 spiro atoms. The third-order valence-corrected chi connectivity index (χ3v) is 4.31. The molecular formula is C13H19ClIN. The molecule has 1 aromatic carbocycles. The molecule has 0 radical (unpaired) electrons. The fourth-order valence-electron chi connectivity index (χ4n) is 1.70. The Hall–Kier alpha value is 0.200. The molecule has 3 heteroatoms. The zero-order valence-corrected chi connectivity index (χ0v) is 12.6. The molecule has 0 aromatic heterocycles. The van der Waals surface area contributed by atoms with Crippen molar-refractivity contribution in [2.45, 2.75) is 45.1 Å². The van der Waals surface area contributed by atoms with Gasteiger partial charge in [-0.3, -0.25) is 0 Å². The van der Waals surface area contributed by atoms with Gasteiger partial charge in [-0.25, -0.2) is 0 Å². The molecule has 0 aliphatic rings. The van der Waals surface area contributed by atoms with Crippen LogP contribution in [0.25, 0.3) is 0 Å². The molecule has 0 aliphatic carbocycles. The monoisotopic (exact) mass is 351 g/mol. The molecule has 0 heterocycles.